The number of carbonyl (C=O) groups excluding carboxylic acids is 1. The van der Waals surface area contributed by atoms with Crippen LogP contribution < -0.4 is 20.7 Å². The number of nitrogens with one attached hydrogen (secondary N) is 1. The summed E-state index contributed by atoms with van der Waals surface area (Å²) in [6, 6.07) is 12.9. The van der Waals surface area contributed by atoms with Crippen LogP contribution in [0.4, 0.5) is 17.1 Å². The highest BCUT2D eigenvalue weighted by Crippen LogP contribution is 2.30. The van der Waals surface area contributed by atoms with Gasteiger partial charge >= 0.3 is 0 Å². The second-order valence-corrected chi connectivity index (χ2v) is 6.35. The van der Waals surface area contributed by atoms with Crippen LogP contribution in [0.1, 0.15) is 17.3 Å². The van der Waals surface area contributed by atoms with Crippen LogP contribution in [0.2, 0.25) is 0 Å². The minimum absolute atomic E-state index is 0.207. The zero-order chi connectivity index (χ0) is 18.5. The minimum atomic E-state index is -0.207. The van der Waals surface area contributed by atoms with E-state index >= 15 is 0 Å². The number of likely N-dealkylation sites (N-methyl/N-ethyl adjacent to an activating group) is 1. The Hall–Kier alpha value is -2.73. The predicted molar refractivity (Wildman–Crippen MR) is 106 cm³/mol. The lowest BCUT2D eigenvalue weighted by molar-refractivity contribution is 0.102. The lowest BCUT2D eigenvalue weighted by atomic mass is 10.1. The summed E-state index contributed by atoms with van der Waals surface area (Å²) in [6.07, 6.45) is 0. The average molecular weight is 354 g/mol. The van der Waals surface area contributed by atoms with Crippen LogP contribution in [0.15, 0.2) is 42.5 Å². The topological polar surface area (TPSA) is 70.8 Å². The predicted octanol–water partition coefficient (Wildman–Crippen LogP) is 2.67. The molecule has 1 heterocycles. The molecule has 3 rings (SSSR count). The second-order valence-electron chi connectivity index (χ2n) is 6.35. The maximum absolute atomic E-state index is 12.8. The van der Waals surface area contributed by atoms with Crippen molar-refractivity contribution >= 4 is 23.0 Å². The smallest absolute Gasteiger partial charge is 0.259 e. The van der Waals surface area contributed by atoms with Gasteiger partial charge in [0.05, 0.1) is 24.0 Å². The Bertz CT molecular complexity index is 770. The Morgan fingerprint density at radius 1 is 1.15 bits per heavy atom. The van der Waals surface area contributed by atoms with E-state index in [2.05, 4.69) is 22.0 Å². The van der Waals surface area contributed by atoms with E-state index in [0.717, 1.165) is 44.1 Å². The highest BCUT2D eigenvalue weighted by Gasteiger charge is 2.20. The zero-order valence-electron chi connectivity index (χ0n) is 15.4. The summed E-state index contributed by atoms with van der Waals surface area (Å²) in [4.78, 5) is 17.5. The monoisotopic (exact) mass is 354 g/mol. The highest BCUT2D eigenvalue weighted by molar-refractivity contribution is 6.08. The molecule has 1 amide bonds. The molecule has 1 aliphatic rings. The summed E-state index contributed by atoms with van der Waals surface area (Å²) in [6.45, 7) is 7.12. The number of anilines is 3. The van der Waals surface area contributed by atoms with Crippen molar-refractivity contribution in [3.05, 3.63) is 48.0 Å². The standard InChI is InChI=1S/C20H26N4O2/c1-3-23-10-12-24(13-11-23)18-9-8-15(21)14-17(18)22-20(25)16-6-4-5-7-19(16)26-2/h4-9,14H,3,10-13,21H2,1-2H3,(H,22,25). The van der Waals surface area contributed by atoms with Crippen molar-refractivity contribution in [1.29, 1.82) is 0 Å². The molecule has 2 aromatic rings. The van der Waals surface area contributed by atoms with Crippen LogP contribution in [0.25, 0.3) is 0 Å². The Balaban J connectivity index is 1.83. The Morgan fingerprint density at radius 2 is 1.88 bits per heavy atom. The van der Waals surface area contributed by atoms with Gasteiger partial charge in [0.2, 0.25) is 0 Å². The third kappa shape index (κ3) is 3.91. The first kappa shape index (κ1) is 18.1. The second kappa shape index (κ2) is 8.10. The molecule has 0 aromatic heterocycles. The van der Waals surface area contributed by atoms with Gasteiger partial charge in [-0.05, 0) is 36.9 Å². The van der Waals surface area contributed by atoms with Gasteiger partial charge in [-0.1, -0.05) is 19.1 Å². The van der Waals surface area contributed by atoms with Crippen LogP contribution in [0.5, 0.6) is 5.75 Å². The van der Waals surface area contributed by atoms with Crippen molar-refractivity contribution in [2.75, 3.05) is 55.8 Å². The van der Waals surface area contributed by atoms with Gasteiger partial charge in [-0.15, -0.1) is 0 Å². The molecule has 0 aliphatic carbocycles. The summed E-state index contributed by atoms with van der Waals surface area (Å²) < 4.78 is 5.30. The van der Waals surface area contributed by atoms with E-state index in [9.17, 15) is 4.79 Å². The van der Waals surface area contributed by atoms with Crippen LogP contribution in [-0.4, -0.2) is 50.6 Å². The van der Waals surface area contributed by atoms with Crippen LogP contribution in [-0.2, 0) is 0 Å². The van der Waals surface area contributed by atoms with E-state index in [-0.39, 0.29) is 5.91 Å². The van der Waals surface area contributed by atoms with Gasteiger partial charge in [-0.2, -0.15) is 0 Å². The number of amides is 1. The number of carbonyl (C=O) groups is 1. The number of hydrogen-bond donors (Lipinski definition) is 2. The van der Waals surface area contributed by atoms with Gasteiger partial charge in [-0.25, -0.2) is 0 Å². The summed E-state index contributed by atoms with van der Waals surface area (Å²) >= 11 is 0. The number of methoxy groups -OCH3 is 1. The average Bonchev–Trinajstić information content (AvgIpc) is 2.68. The molecule has 0 radical (unpaired) electrons. The molecular weight excluding hydrogens is 328 g/mol. The van der Waals surface area contributed by atoms with E-state index < -0.39 is 0 Å². The SMILES string of the molecule is CCN1CCN(c2ccc(N)cc2NC(=O)c2ccccc2OC)CC1. The fourth-order valence-electron chi connectivity index (χ4n) is 3.26. The number of nitrogens with zero attached hydrogens (tertiary/aromatic N) is 2. The molecule has 138 valence electrons. The van der Waals surface area contributed by atoms with E-state index in [1.54, 1.807) is 19.2 Å². The molecule has 26 heavy (non-hydrogen) atoms. The van der Waals surface area contributed by atoms with E-state index in [4.69, 9.17) is 10.5 Å². The summed E-state index contributed by atoms with van der Waals surface area (Å²) in [7, 11) is 1.56. The number of ether oxygens (including phenoxy) is 1. The Kier molecular flexibility index (Phi) is 5.63. The van der Waals surface area contributed by atoms with Crippen molar-refractivity contribution in [2.45, 2.75) is 6.92 Å². The largest absolute Gasteiger partial charge is 0.496 e. The third-order valence-electron chi connectivity index (χ3n) is 4.78. The Morgan fingerprint density at radius 3 is 2.58 bits per heavy atom. The molecule has 1 aliphatic heterocycles. The summed E-state index contributed by atoms with van der Waals surface area (Å²) in [5.74, 6) is 0.341. The normalized spacial score (nSPS) is 14.9. The van der Waals surface area contributed by atoms with E-state index in [1.807, 2.05) is 30.3 Å². The van der Waals surface area contributed by atoms with Crippen LogP contribution in [0.3, 0.4) is 0 Å². The number of hydrogen-bond acceptors (Lipinski definition) is 5. The molecule has 0 bridgehead atoms. The number of nitrogens with two attached hydrogens (primary N) is 1. The van der Waals surface area contributed by atoms with Gasteiger partial charge in [0.15, 0.2) is 0 Å². The fraction of sp³-hybridized carbons (Fsp3) is 0.350. The van der Waals surface area contributed by atoms with Crippen molar-refractivity contribution in [2.24, 2.45) is 0 Å². The molecule has 6 nitrogen and oxygen atoms in total. The lowest BCUT2D eigenvalue weighted by Crippen LogP contribution is -2.46. The van der Waals surface area contributed by atoms with Crippen molar-refractivity contribution in [3.63, 3.8) is 0 Å². The molecule has 0 spiro atoms. The molecule has 0 atom stereocenters. The van der Waals surface area contributed by atoms with Gasteiger partial charge in [0.1, 0.15) is 5.75 Å². The van der Waals surface area contributed by atoms with Gasteiger partial charge in [0, 0.05) is 31.9 Å². The first-order valence-electron chi connectivity index (χ1n) is 8.93. The third-order valence-corrected chi connectivity index (χ3v) is 4.78. The number of rotatable bonds is 5. The fourth-order valence-corrected chi connectivity index (χ4v) is 3.26. The first-order chi connectivity index (χ1) is 12.6. The highest BCUT2D eigenvalue weighted by atomic mass is 16.5. The molecule has 3 N–H and O–H groups in total. The maximum Gasteiger partial charge on any atom is 0.259 e. The van der Waals surface area contributed by atoms with Crippen LogP contribution >= 0.6 is 0 Å². The van der Waals surface area contributed by atoms with Crippen LogP contribution in [0, 0.1) is 0 Å². The van der Waals surface area contributed by atoms with Gasteiger partial charge in [-0.3, -0.25) is 4.79 Å². The minimum Gasteiger partial charge on any atom is -0.496 e. The molecule has 0 saturated carbocycles. The number of benzene rings is 2. The summed E-state index contributed by atoms with van der Waals surface area (Å²) in [5, 5.41) is 3.01. The van der Waals surface area contributed by atoms with Crippen molar-refractivity contribution in [1.82, 2.24) is 4.90 Å². The maximum atomic E-state index is 12.8. The molecule has 2 aromatic carbocycles. The number of para-hydroxylation sites is 1. The van der Waals surface area contributed by atoms with E-state index in [1.165, 1.54) is 0 Å². The zero-order valence-corrected chi connectivity index (χ0v) is 15.4. The molecule has 1 saturated heterocycles. The van der Waals surface area contributed by atoms with Crippen molar-refractivity contribution in [3.8, 4) is 5.75 Å². The van der Waals surface area contributed by atoms with Crippen molar-refractivity contribution < 1.29 is 9.53 Å². The quantitative estimate of drug-likeness (QED) is 0.808. The summed E-state index contributed by atoms with van der Waals surface area (Å²) in [5.41, 5.74) is 8.82. The van der Waals surface area contributed by atoms with E-state index in [0.29, 0.717) is 17.0 Å². The first-order valence-corrected chi connectivity index (χ1v) is 8.93. The number of piperazine rings is 1. The van der Waals surface area contributed by atoms with Gasteiger partial charge in [0.25, 0.3) is 5.91 Å². The van der Waals surface area contributed by atoms with Gasteiger partial charge < -0.3 is 25.6 Å². The molecule has 1 fully saturated rings. The lowest BCUT2D eigenvalue weighted by Gasteiger charge is -2.36. The molecular formula is C20H26N4O2. The molecule has 6 heteroatoms. The Labute approximate surface area is 154 Å². The number of nitrogen functional groups attached to an aromatic ring is 1. The molecule has 0 unspecified atom stereocenters.